The van der Waals surface area contributed by atoms with E-state index in [4.69, 9.17) is 0 Å². The minimum Gasteiger partial charge on any atom is -0.298 e. The van der Waals surface area contributed by atoms with E-state index in [2.05, 4.69) is 0 Å². The Balaban J connectivity index is 2.34. The molecule has 0 bridgehead atoms. The number of carbonyl (C=O) groups excluding carboxylic acids is 1. The zero-order valence-electron chi connectivity index (χ0n) is 10.2. The highest BCUT2D eigenvalue weighted by atomic mass is 32.2. The molecule has 5 heteroatoms. The van der Waals surface area contributed by atoms with Gasteiger partial charge in [0.15, 0.2) is 0 Å². The molecule has 0 aliphatic rings. The average molecular weight is 273 g/mol. The van der Waals surface area contributed by atoms with Crippen LogP contribution in [0.1, 0.15) is 15.9 Å². The molecule has 0 spiro atoms. The summed E-state index contributed by atoms with van der Waals surface area (Å²) in [6.45, 7) is 1.84. The van der Waals surface area contributed by atoms with Crippen LogP contribution in [0.2, 0.25) is 0 Å². The van der Waals surface area contributed by atoms with Crippen LogP contribution in [0.25, 0.3) is 0 Å². The van der Waals surface area contributed by atoms with Crippen molar-refractivity contribution in [2.45, 2.75) is 16.7 Å². The van der Waals surface area contributed by atoms with E-state index >= 15 is 0 Å². The summed E-state index contributed by atoms with van der Waals surface area (Å²) in [7, 11) is 0. The lowest BCUT2D eigenvalue weighted by atomic mass is 10.1. The van der Waals surface area contributed by atoms with Gasteiger partial charge < -0.3 is 0 Å². The number of nitrogens with zero attached hydrogens (tertiary/aromatic N) is 1. The second-order valence-electron chi connectivity index (χ2n) is 3.96. The van der Waals surface area contributed by atoms with E-state index in [0.29, 0.717) is 10.5 Å². The first kappa shape index (κ1) is 13.3. The Labute approximate surface area is 114 Å². The third kappa shape index (κ3) is 3.00. The van der Waals surface area contributed by atoms with Crippen LogP contribution in [0.5, 0.6) is 0 Å². The van der Waals surface area contributed by atoms with Crippen molar-refractivity contribution in [2.75, 3.05) is 0 Å². The molecule has 0 atom stereocenters. The molecule has 0 saturated carbocycles. The molecule has 0 aliphatic carbocycles. The third-order valence-corrected chi connectivity index (χ3v) is 3.71. The topological polar surface area (TPSA) is 60.2 Å². The van der Waals surface area contributed by atoms with Crippen LogP contribution in [-0.4, -0.2) is 11.2 Å². The largest absolute Gasteiger partial charge is 0.298 e. The molecule has 19 heavy (non-hydrogen) atoms. The number of nitro groups is 1. The lowest BCUT2D eigenvalue weighted by Gasteiger charge is -2.05. The SMILES string of the molecule is Cc1cc(Sc2ccccc2[N+](=O)[O-])ccc1C=O. The van der Waals surface area contributed by atoms with Crippen molar-refractivity contribution in [3.8, 4) is 0 Å². The first-order chi connectivity index (χ1) is 9.11. The van der Waals surface area contributed by atoms with Crippen LogP contribution in [0.4, 0.5) is 5.69 Å². The Bertz CT molecular complexity index is 640. The van der Waals surface area contributed by atoms with Crippen LogP contribution >= 0.6 is 11.8 Å². The maximum atomic E-state index is 10.9. The maximum absolute atomic E-state index is 10.9. The Kier molecular flexibility index (Phi) is 3.97. The summed E-state index contributed by atoms with van der Waals surface area (Å²) in [5, 5.41) is 10.9. The highest BCUT2D eigenvalue weighted by Crippen LogP contribution is 2.34. The van der Waals surface area contributed by atoms with E-state index < -0.39 is 4.92 Å². The van der Waals surface area contributed by atoms with Gasteiger partial charge in [-0.3, -0.25) is 14.9 Å². The van der Waals surface area contributed by atoms with Crippen molar-refractivity contribution in [1.82, 2.24) is 0 Å². The van der Waals surface area contributed by atoms with Crippen LogP contribution in [0.15, 0.2) is 52.3 Å². The summed E-state index contributed by atoms with van der Waals surface area (Å²) in [6.07, 6.45) is 0.800. The quantitative estimate of drug-likeness (QED) is 0.482. The molecule has 0 saturated heterocycles. The number of hydrogen-bond donors (Lipinski definition) is 0. The van der Waals surface area contributed by atoms with Crippen molar-refractivity contribution in [2.24, 2.45) is 0 Å². The zero-order chi connectivity index (χ0) is 13.8. The maximum Gasteiger partial charge on any atom is 0.283 e. The van der Waals surface area contributed by atoms with Crippen molar-refractivity contribution in [1.29, 1.82) is 0 Å². The Hall–Kier alpha value is -2.14. The van der Waals surface area contributed by atoms with Gasteiger partial charge in [-0.2, -0.15) is 0 Å². The minimum absolute atomic E-state index is 0.0876. The summed E-state index contributed by atoms with van der Waals surface area (Å²) >= 11 is 1.32. The molecule has 0 N–H and O–H groups in total. The molecule has 0 heterocycles. The van der Waals surface area contributed by atoms with E-state index in [1.165, 1.54) is 17.8 Å². The number of hydrogen-bond acceptors (Lipinski definition) is 4. The molecule has 2 rings (SSSR count). The molecule has 0 fully saturated rings. The smallest absolute Gasteiger partial charge is 0.283 e. The summed E-state index contributed by atoms with van der Waals surface area (Å²) in [5.74, 6) is 0. The number of para-hydroxylation sites is 1. The van der Waals surface area contributed by atoms with E-state index in [9.17, 15) is 14.9 Å². The summed E-state index contributed by atoms with van der Waals surface area (Å²) in [6, 6.07) is 12.0. The fourth-order valence-corrected chi connectivity index (χ4v) is 2.68. The fraction of sp³-hybridized carbons (Fsp3) is 0.0714. The number of rotatable bonds is 4. The molecule has 0 amide bonds. The zero-order valence-corrected chi connectivity index (χ0v) is 11.0. The Morgan fingerprint density at radius 2 is 1.95 bits per heavy atom. The van der Waals surface area contributed by atoms with Crippen molar-refractivity contribution < 1.29 is 9.72 Å². The second-order valence-corrected chi connectivity index (χ2v) is 5.08. The molecular formula is C14H11NO3S. The first-order valence-electron chi connectivity index (χ1n) is 5.59. The molecule has 0 aromatic heterocycles. The normalized spacial score (nSPS) is 10.2. The Morgan fingerprint density at radius 1 is 1.21 bits per heavy atom. The number of carbonyl (C=O) groups is 1. The number of nitro benzene ring substituents is 1. The van der Waals surface area contributed by atoms with Crippen LogP contribution in [0, 0.1) is 17.0 Å². The van der Waals surface area contributed by atoms with E-state index in [1.54, 1.807) is 30.3 Å². The Morgan fingerprint density at radius 3 is 2.58 bits per heavy atom. The molecule has 0 radical (unpaired) electrons. The van der Waals surface area contributed by atoms with Crippen molar-refractivity contribution >= 4 is 23.7 Å². The van der Waals surface area contributed by atoms with Crippen LogP contribution in [0.3, 0.4) is 0 Å². The van der Waals surface area contributed by atoms with E-state index in [-0.39, 0.29) is 5.69 Å². The lowest BCUT2D eigenvalue weighted by molar-refractivity contribution is -0.387. The van der Waals surface area contributed by atoms with Gasteiger partial charge in [0.2, 0.25) is 0 Å². The van der Waals surface area contributed by atoms with E-state index in [0.717, 1.165) is 16.7 Å². The molecule has 0 unspecified atom stereocenters. The standard InChI is InChI=1S/C14H11NO3S/c1-10-8-12(7-6-11(10)9-16)19-14-5-3-2-4-13(14)15(17)18/h2-9H,1H3. The molecular weight excluding hydrogens is 262 g/mol. The van der Waals surface area contributed by atoms with Crippen LogP contribution in [-0.2, 0) is 0 Å². The highest BCUT2D eigenvalue weighted by molar-refractivity contribution is 7.99. The second kappa shape index (κ2) is 5.67. The summed E-state index contributed by atoms with van der Waals surface area (Å²) in [5.41, 5.74) is 1.58. The molecule has 2 aromatic rings. The third-order valence-electron chi connectivity index (χ3n) is 2.66. The molecule has 0 aliphatic heterocycles. The lowest BCUT2D eigenvalue weighted by Crippen LogP contribution is -1.90. The van der Waals surface area contributed by atoms with Gasteiger partial charge in [-0.1, -0.05) is 30.0 Å². The predicted octanol–water partition coefficient (Wildman–Crippen LogP) is 3.87. The van der Waals surface area contributed by atoms with Gasteiger partial charge in [-0.25, -0.2) is 0 Å². The minimum atomic E-state index is -0.394. The van der Waals surface area contributed by atoms with Crippen molar-refractivity contribution in [3.05, 3.63) is 63.7 Å². The van der Waals surface area contributed by atoms with Gasteiger partial charge >= 0.3 is 0 Å². The molecule has 2 aromatic carbocycles. The van der Waals surface area contributed by atoms with Gasteiger partial charge in [0.25, 0.3) is 5.69 Å². The summed E-state index contributed by atoms with van der Waals surface area (Å²) < 4.78 is 0. The first-order valence-corrected chi connectivity index (χ1v) is 6.40. The number of aryl methyl sites for hydroxylation is 1. The predicted molar refractivity (Wildman–Crippen MR) is 73.8 cm³/mol. The number of aldehydes is 1. The van der Waals surface area contributed by atoms with E-state index in [1.807, 2.05) is 13.0 Å². The van der Waals surface area contributed by atoms with Gasteiger partial charge in [0.05, 0.1) is 9.82 Å². The molecule has 96 valence electrons. The summed E-state index contributed by atoms with van der Waals surface area (Å²) in [4.78, 5) is 22.7. The monoisotopic (exact) mass is 273 g/mol. The van der Waals surface area contributed by atoms with Crippen molar-refractivity contribution in [3.63, 3.8) is 0 Å². The van der Waals surface area contributed by atoms with Crippen LogP contribution < -0.4 is 0 Å². The average Bonchev–Trinajstić information content (AvgIpc) is 2.39. The van der Waals surface area contributed by atoms with Gasteiger partial charge in [0, 0.05) is 16.5 Å². The van der Waals surface area contributed by atoms with Gasteiger partial charge in [-0.05, 0) is 30.7 Å². The fourth-order valence-electron chi connectivity index (χ4n) is 1.67. The highest BCUT2D eigenvalue weighted by Gasteiger charge is 2.13. The number of benzene rings is 2. The van der Waals surface area contributed by atoms with Gasteiger partial charge in [0.1, 0.15) is 6.29 Å². The molecule has 4 nitrogen and oxygen atoms in total. The van der Waals surface area contributed by atoms with Gasteiger partial charge in [-0.15, -0.1) is 0 Å².